The van der Waals surface area contributed by atoms with Crippen LogP contribution in [0.4, 0.5) is 5.82 Å². The van der Waals surface area contributed by atoms with Crippen LogP contribution < -0.4 is 15.8 Å². The fourth-order valence-corrected chi connectivity index (χ4v) is 2.53. The van der Waals surface area contributed by atoms with Gasteiger partial charge in [0.2, 0.25) is 0 Å². The monoisotopic (exact) mass is 259 g/mol. The summed E-state index contributed by atoms with van der Waals surface area (Å²) in [6, 6.07) is 9.62. The summed E-state index contributed by atoms with van der Waals surface area (Å²) >= 11 is 0. The van der Waals surface area contributed by atoms with Crippen molar-refractivity contribution in [2.24, 2.45) is 0 Å². The number of rotatable bonds is 2. The van der Waals surface area contributed by atoms with Crippen LogP contribution in [0.3, 0.4) is 0 Å². The number of aliphatic hydroxyl groups excluding tert-OH is 1. The third-order valence-electron chi connectivity index (χ3n) is 3.56. The quantitative estimate of drug-likeness (QED) is 0.725. The first kappa shape index (κ1) is 12.2. The molecular formula is C14H17N3O2. The van der Waals surface area contributed by atoms with Crippen molar-refractivity contribution in [2.45, 2.75) is 6.04 Å². The summed E-state index contributed by atoms with van der Waals surface area (Å²) in [7, 11) is 0. The van der Waals surface area contributed by atoms with Crippen molar-refractivity contribution in [3.63, 3.8) is 0 Å². The van der Waals surface area contributed by atoms with E-state index in [0.29, 0.717) is 11.9 Å². The largest absolute Gasteiger partial charge is 0.395 e. The van der Waals surface area contributed by atoms with E-state index >= 15 is 0 Å². The van der Waals surface area contributed by atoms with Crippen LogP contribution in [0.25, 0.3) is 10.8 Å². The van der Waals surface area contributed by atoms with Crippen LogP contribution >= 0.6 is 0 Å². The zero-order valence-electron chi connectivity index (χ0n) is 10.6. The minimum Gasteiger partial charge on any atom is -0.395 e. The normalized spacial score (nSPS) is 19.8. The molecule has 2 heterocycles. The van der Waals surface area contributed by atoms with Gasteiger partial charge in [0.1, 0.15) is 5.82 Å². The van der Waals surface area contributed by atoms with E-state index in [0.717, 1.165) is 24.3 Å². The molecular weight excluding hydrogens is 242 g/mol. The average molecular weight is 259 g/mol. The van der Waals surface area contributed by atoms with E-state index in [1.54, 1.807) is 0 Å². The third-order valence-corrected chi connectivity index (χ3v) is 3.56. The summed E-state index contributed by atoms with van der Waals surface area (Å²) in [5, 5.41) is 14.1. The number of aliphatic hydroxyl groups is 1. The Bertz CT molecular complexity index is 638. The van der Waals surface area contributed by atoms with Crippen molar-refractivity contribution in [1.29, 1.82) is 0 Å². The minimum absolute atomic E-state index is 0.0590. The fraction of sp³-hybridized carbons (Fsp3) is 0.357. The molecule has 5 nitrogen and oxygen atoms in total. The van der Waals surface area contributed by atoms with Crippen molar-refractivity contribution < 1.29 is 5.11 Å². The predicted molar refractivity (Wildman–Crippen MR) is 75.7 cm³/mol. The Kier molecular flexibility index (Phi) is 3.23. The first-order chi connectivity index (χ1) is 9.28. The van der Waals surface area contributed by atoms with Crippen LogP contribution in [0.5, 0.6) is 0 Å². The van der Waals surface area contributed by atoms with Gasteiger partial charge in [-0.2, -0.15) is 0 Å². The Balaban J connectivity index is 1.99. The topological polar surface area (TPSA) is 68.4 Å². The smallest absolute Gasteiger partial charge is 0.257 e. The highest BCUT2D eigenvalue weighted by atomic mass is 16.3. The van der Waals surface area contributed by atoms with Crippen LogP contribution in [0.15, 0.2) is 35.1 Å². The van der Waals surface area contributed by atoms with Gasteiger partial charge in [-0.15, -0.1) is 0 Å². The fourth-order valence-electron chi connectivity index (χ4n) is 2.53. The lowest BCUT2D eigenvalue weighted by atomic mass is 10.1. The number of pyridine rings is 1. The molecule has 3 rings (SSSR count). The van der Waals surface area contributed by atoms with E-state index in [1.807, 2.05) is 30.3 Å². The number of nitrogens with one attached hydrogen (secondary N) is 2. The number of fused-ring (bicyclic) bond motifs is 1. The lowest BCUT2D eigenvalue weighted by Crippen LogP contribution is -2.52. The summed E-state index contributed by atoms with van der Waals surface area (Å²) < 4.78 is 0. The number of anilines is 1. The van der Waals surface area contributed by atoms with Crippen molar-refractivity contribution in [2.75, 3.05) is 31.1 Å². The first-order valence-corrected chi connectivity index (χ1v) is 6.49. The first-order valence-electron chi connectivity index (χ1n) is 6.49. The molecule has 1 atom stereocenters. The second kappa shape index (κ2) is 5.03. The van der Waals surface area contributed by atoms with Crippen LogP contribution in [0.1, 0.15) is 0 Å². The summed E-state index contributed by atoms with van der Waals surface area (Å²) in [5.41, 5.74) is -0.0628. The molecule has 0 spiro atoms. The Morgan fingerprint density at radius 3 is 3.05 bits per heavy atom. The molecule has 1 aromatic carbocycles. The second-order valence-electron chi connectivity index (χ2n) is 4.85. The summed E-state index contributed by atoms with van der Waals surface area (Å²) in [6.45, 7) is 2.43. The molecule has 5 heteroatoms. The van der Waals surface area contributed by atoms with Gasteiger partial charge in [-0.25, -0.2) is 0 Å². The molecule has 0 unspecified atom stereocenters. The molecule has 100 valence electrons. The van der Waals surface area contributed by atoms with E-state index in [1.165, 1.54) is 0 Å². The standard InChI is InChI=1S/C14H17N3O2/c18-9-11-8-17(6-5-15-11)13-7-10-3-1-2-4-12(10)14(19)16-13/h1-4,7,11,15,18H,5-6,8-9H2,(H,16,19)/t11-/m0/s1. The second-order valence-corrected chi connectivity index (χ2v) is 4.85. The molecule has 19 heavy (non-hydrogen) atoms. The van der Waals surface area contributed by atoms with Gasteiger partial charge in [-0.05, 0) is 17.5 Å². The van der Waals surface area contributed by atoms with Gasteiger partial charge in [0.15, 0.2) is 0 Å². The van der Waals surface area contributed by atoms with Gasteiger partial charge in [-0.1, -0.05) is 18.2 Å². The van der Waals surface area contributed by atoms with E-state index < -0.39 is 0 Å². The number of hydrogen-bond donors (Lipinski definition) is 3. The third kappa shape index (κ3) is 2.34. The molecule has 3 N–H and O–H groups in total. The van der Waals surface area contributed by atoms with E-state index in [4.69, 9.17) is 0 Å². The Hall–Kier alpha value is -1.85. The van der Waals surface area contributed by atoms with Gasteiger partial charge in [0.25, 0.3) is 5.56 Å². The van der Waals surface area contributed by atoms with Gasteiger partial charge >= 0.3 is 0 Å². The molecule has 1 fully saturated rings. The van der Waals surface area contributed by atoms with Gasteiger partial charge in [0, 0.05) is 31.1 Å². The van der Waals surface area contributed by atoms with Crippen LogP contribution in [0, 0.1) is 0 Å². The number of aromatic amines is 1. The van der Waals surface area contributed by atoms with Crippen molar-refractivity contribution >= 4 is 16.6 Å². The molecule has 0 radical (unpaired) electrons. The van der Waals surface area contributed by atoms with Crippen LogP contribution in [-0.2, 0) is 0 Å². The molecule has 0 saturated carbocycles. The number of benzene rings is 1. The SMILES string of the molecule is O=c1[nH]c(N2CCN[C@H](CO)C2)cc2ccccc12. The molecule has 1 saturated heterocycles. The maximum atomic E-state index is 12.0. The molecule has 1 aliphatic rings. The highest BCUT2D eigenvalue weighted by Crippen LogP contribution is 2.17. The van der Waals surface area contributed by atoms with Crippen LogP contribution in [-0.4, -0.2) is 42.4 Å². The lowest BCUT2D eigenvalue weighted by Gasteiger charge is -2.34. The highest BCUT2D eigenvalue weighted by molar-refractivity contribution is 5.83. The predicted octanol–water partition coefficient (Wildman–Crippen LogP) is 0.299. The highest BCUT2D eigenvalue weighted by Gasteiger charge is 2.19. The van der Waals surface area contributed by atoms with E-state index in [9.17, 15) is 9.90 Å². The van der Waals surface area contributed by atoms with Crippen molar-refractivity contribution in [3.8, 4) is 0 Å². The van der Waals surface area contributed by atoms with Gasteiger partial charge in [-0.3, -0.25) is 4.79 Å². The van der Waals surface area contributed by atoms with Gasteiger partial charge < -0.3 is 20.3 Å². The average Bonchev–Trinajstić information content (AvgIpc) is 2.47. The Morgan fingerprint density at radius 2 is 2.21 bits per heavy atom. The maximum Gasteiger partial charge on any atom is 0.257 e. The molecule has 1 aliphatic heterocycles. The summed E-state index contributed by atoms with van der Waals surface area (Å²) in [5.74, 6) is 0.823. The molecule has 0 bridgehead atoms. The molecule has 0 aliphatic carbocycles. The number of aromatic nitrogens is 1. The van der Waals surface area contributed by atoms with Crippen molar-refractivity contribution in [3.05, 3.63) is 40.7 Å². The van der Waals surface area contributed by atoms with Gasteiger partial charge in [0.05, 0.1) is 6.61 Å². The molecule has 2 aromatic rings. The number of hydrogen-bond acceptors (Lipinski definition) is 4. The maximum absolute atomic E-state index is 12.0. The van der Waals surface area contributed by atoms with Crippen LogP contribution in [0.2, 0.25) is 0 Å². The minimum atomic E-state index is -0.0628. The number of nitrogens with zero attached hydrogens (tertiary/aromatic N) is 1. The zero-order valence-corrected chi connectivity index (χ0v) is 10.6. The Labute approximate surface area is 110 Å². The zero-order chi connectivity index (χ0) is 13.2. The summed E-state index contributed by atoms with van der Waals surface area (Å²) in [4.78, 5) is 17.1. The number of H-pyrrole nitrogens is 1. The van der Waals surface area contributed by atoms with E-state index in [-0.39, 0.29) is 18.2 Å². The summed E-state index contributed by atoms with van der Waals surface area (Å²) in [6.07, 6.45) is 0. The molecule has 0 amide bonds. The Morgan fingerprint density at radius 1 is 1.37 bits per heavy atom. The number of piperazine rings is 1. The lowest BCUT2D eigenvalue weighted by molar-refractivity contribution is 0.235. The van der Waals surface area contributed by atoms with E-state index in [2.05, 4.69) is 15.2 Å². The van der Waals surface area contributed by atoms with Crippen molar-refractivity contribution in [1.82, 2.24) is 10.3 Å². The molecule has 1 aromatic heterocycles.